The summed E-state index contributed by atoms with van der Waals surface area (Å²) in [6.07, 6.45) is 3.39. The first-order chi connectivity index (χ1) is 12.7. The Labute approximate surface area is 147 Å². The van der Waals surface area contributed by atoms with Gasteiger partial charge in [-0.2, -0.15) is 4.98 Å². The van der Waals surface area contributed by atoms with Gasteiger partial charge in [0.15, 0.2) is 0 Å². The van der Waals surface area contributed by atoms with Crippen molar-refractivity contribution in [3.05, 3.63) is 71.1 Å². The highest BCUT2D eigenvalue weighted by Gasteiger charge is 2.11. The van der Waals surface area contributed by atoms with Gasteiger partial charge in [-0.1, -0.05) is 23.4 Å². The van der Waals surface area contributed by atoms with Gasteiger partial charge in [-0.05, 0) is 23.6 Å². The lowest BCUT2D eigenvalue weighted by atomic mass is 10.2. The SMILES string of the molecule is O=C(Cn1ccc2ccccc21)NCc1nc(-c2cc[nH]c(=O)c2)no1. The van der Waals surface area contributed by atoms with Crippen LogP contribution in [-0.4, -0.2) is 25.6 Å². The van der Waals surface area contributed by atoms with Gasteiger partial charge in [0.1, 0.15) is 6.54 Å². The Bertz CT molecular complexity index is 1120. The van der Waals surface area contributed by atoms with Crippen LogP contribution >= 0.6 is 0 Å². The standard InChI is InChI=1S/C18H15N5O3/c24-15-9-13(5-7-19-15)18-21-17(26-22-18)10-20-16(25)11-23-8-6-12-3-1-2-4-14(12)23/h1-9H,10-11H2,(H,19,24)(H,20,25). The third-order valence-corrected chi connectivity index (χ3v) is 3.93. The van der Waals surface area contributed by atoms with Gasteiger partial charge < -0.3 is 19.4 Å². The molecule has 2 N–H and O–H groups in total. The average molecular weight is 349 g/mol. The van der Waals surface area contributed by atoms with Crippen molar-refractivity contribution in [1.82, 2.24) is 25.0 Å². The minimum absolute atomic E-state index is 0.119. The Hall–Kier alpha value is -3.68. The molecule has 0 spiro atoms. The summed E-state index contributed by atoms with van der Waals surface area (Å²) in [5.74, 6) is 0.407. The van der Waals surface area contributed by atoms with Gasteiger partial charge >= 0.3 is 0 Å². The number of nitrogens with zero attached hydrogens (tertiary/aromatic N) is 3. The number of carbonyl (C=O) groups excluding carboxylic acids is 1. The number of hydrogen-bond donors (Lipinski definition) is 2. The molecule has 0 aliphatic heterocycles. The third kappa shape index (κ3) is 3.25. The molecule has 4 aromatic rings. The molecule has 0 radical (unpaired) electrons. The molecule has 0 bridgehead atoms. The average Bonchev–Trinajstić information content (AvgIpc) is 3.28. The molecule has 0 aliphatic carbocycles. The van der Waals surface area contributed by atoms with E-state index in [4.69, 9.17) is 4.52 Å². The highest BCUT2D eigenvalue weighted by atomic mass is 16.5. The van der Waals surface area contributed by atoms with Gasteiger partial charge in [0.25, 0.3) is 0 Å². The van der Waals surface area contributed by atoms with E-state index in [0.29, 0.717) is 11.4 Å². The second kappa shape index (κ2) is 6.67. The maximum atomic E-state index is 12.2. The molecule has 0 saturated carbocycles. The number of nitrogens with one attached hydrogen (secondary N) is 2. The van der Waals surface area contributed by atoms with E-state index in [1.807, 2.05) is 41.1 Å². The van der Waals surface area contributed by atoms with E-state index in [9.17, 15) is 9.59 Å². The Morgan fingerprint density at radius 1 is 1.23 bits per heavy atom. The van der Waals surface area contributed by atoms with Gasteiger partial charge in [0, 0.05) is 29.5 Å². The van der Waals surface area contributed by atoms with Gasteiger partial charge in [0.05, 0.1) is 6.54 Å². The number of carbonyl (C=O) groups is 1. The summed E-state index contributed by atoms with van der Waals surface area (Å²) in [7, 11) is 0. The largest absolute Gasteiger partial charge is 0.345 e. The zero-order valence-electron chi connectivity index (χ0n) is 13.7. The van der Waals surface area contributed by atoms with E-state index < -0.39 is 0 Å². The lowest BCUT2D eigenvalue weighted by Crippen LogP contribution is -2.26. The van der Waals surface area contributed by atoms with Crippen molar-refractivity contribution >= 4 is 16.8 Å². The van der Waals surface area contributed by atoms with Crippen molar-refractivity contribution in [2.24, 2.45) is 0 Å². The summed E-state index contributed by atoms with van der Waals surface area (Å²) >= 11 is 0. The molecule has 8 nitrogen and oxygen atoms in total. The normalized spacial score (nSPS) is 10.9. The molecule has 3 heterocycles. The lowest BCUT2D eigenvalue weighted by Gasteiger charge is -2.05. The molecule has 1 amide bonds. The van der Waals surface area contributed by atoms with E-state index in [0.717, 1.165) is 10.9 Å². The van der Waals surface area contributed by atoms with E-state index in [-0.39, 0.29) is 30.4 Å². The summed E-state index contributed by atoms with van der Waals surface area (Å²) < 4.78 is 7.00. The van der Waals surface area contributed by atoms with Crippen LogP contribution in [0.4, 0.5) is 0 Å². The number of amides is 1. The second-order valence-corrected chi connectivity index (χ2v) is 5.73. The molecular weight excluding hydrogens is 334 g/mol. The molecule has 26 heavy (non-hydrogen) atoms. The number of H-pyrrole nitrogens is 1. The van der Waals surface area contributed by atoms with Crippen LogP contribution in [0, 0.1) is 0 Å². The summed E-state index contributed by atoms with van der Waals surface area (Å²) in [6, 6.07) is 12.9. The molecule has 3 aromatic heterocycles. The molecular formula is C18H15N5O3. The molecule has 130 valence electrons. The number of rotatable bonds is 5. The first-order valence-electron chi connectivity index (χ1n) is 8.01. The maximum Gasteiger partial charge on any atom is 0.248 e. The highest BCUT2D eigenvalue weighted by Crippen LogP contribution is 2.15. The van der Waals surface area contributed by atoms with Crippen LogP contribution in [0.15, 0.2) is 64.2 Å². The quantitative estimate of drug-likeness (QED) is 0.570. The number of hydrogen-bond acceptors (Lipinski definition) is 5. The number of benzene rings is 1. The fourth-order valence-electron chi connectivity index (χ4n) is 2.69. The number of pyridine rings is 1. The van der Waals surface area contributed by atoms with Crippen molar-refractivity contribution in [1.29, 1.82) is 0 Å². The summed E-state index contributed by atoms with van der Waals surface area (Å²) in [4.78, 5) is 30.2. The molecule has 4 rings (SSSR count). The van der Waals surface area contributed by atoms with Crippen LogP contribution in [0.25, 0.3) is 22.3 Å². The Morgan fingerprint density at radius 2 is 2.12 bits per heavy atom. The molecule has 1 aromatic carbocycles. The molecule has 0 fully saturated rings. The van der Waals surface area contributed by atoms with Crippen LogP contribution < -0.4 is 10.9 Å². The molecule has 0 saturated heterocycles. The van der Waals surface area contributed by atoms with Crippen molar-refractivity contribution in [2.45, 2.75) is 13.1 Å². The van der Waals surface area contributed by atoms with E-state index in [1.54, 1.807) is 6.07 Å². The smallest absolute Gasteiger partial charge is 0.248 e. The van der Waals surface area contributed by atoms with Crippen molar-refractivity contribution in [2.75, 3.05) is 0 Å². The second-order valence-electron chi connectivity index (χ2n) is 5.73. The summed E-state index contributed by atoms with van der Waals surface area (Å²) in [5.41, 5.74) is 1.30. The zero-order chi connectivity index (χ0) is 17.9. The first kappa shape index (κ1) is 15.8. The van der Waals surface area contributed by atoms with E-state index in [2.05, 4.69) is 20.4 Å². The maximum absolute atomic E-state index is 12.2. The zero-order valence-corrected chi connectivity index (χ0v) is 13.7. The third-order valence-electron chi connectivity index (χ3n) is 3.93. The first-order valence-corrected chi connectivity index (χ1v) is 8.01. The van der Waals surface area contributed by atoms with E-state index in [1.165, 1.54) is 12.3 Å². The van der Waals surface area contributed by atoms with Crippen LogP contribution in [-0.2, 0) is 17.9 Å². The minimum Gasteiger partial charge on any atom is -0.345 e. The van der Waals surface area contributed by atoms with Crippen molar-refractivity contribution in [3.8, 4) is 11.4 Å². The Balaban J connectivity index is 1.40. The number of para-hydroxylation sites is 1. The van der Waals surface area contributed by atoms with Crippen LogP contribution in [0.3, 0.4) is 0 Å². The lowest BCUT2D eigenvalue weighted by molar-refractivity contribution is -0.121. The predicted octanol–water partition coefficient (Wildman–Crippen LogP) is 1.70. The number of aromatic amines is 1. The van der Waals surface area contributed by atoms with Crippen molar-refractivity contribution in [3.63, 3.8) is 0 Å². The number of fused-ring (bicyclic) bond motifs is 1. The molecule has 8 heteroatoms. The summed E-state index contributed by atoms with van der Waals surface area (Å²) in [6.45, 7) is 0.316. The molecule has 0 unspecified atom stereocenters. The van der Waals surface area contributed by atoms with Gasteiger partial charge in [0.2, 0.25) is 23.2 Å². The topological polar surface area (TPSA) is 106 Å². The van der Waals surface area contributed by atoms with Crippen LogP contribution in [0.1, 0.15) is 5.89 Å². The number of aromatic nitrogens is 4. The predicted molar refractivity (Wildman–Crippen MR) is 94.1 cm³/mol. The fourth-order valence-corrected chi connectivity index (χ4v) is 2.69. The fraction of sp³-hybridized carbons (Fsp3) is 0.111. The minimum atomic E-state index is -0.249. The monoisotopic (exact) mass is 349 g/mol. The Morgan fingerprint density at radius 3 is 3.00 bits per heavy atom. The summed E-state index contributed by atoms with van der Waals surface area (Å²) in [5, 5.41) is 7.66. The molecule has 0 aliphatic rings. The van der Waals surface area contributed by atoms with Gasteiger partial charge in [-0.3, -0.25) is 9.59 Å². The van der Waals surface area contributed by atoms with Crippen molar-refractivity contribution < 1.29 is 9.32 Å². The van der Waals surface area contributed by atoms with E-state index >= 15 is 0 Å². The highest BCUT2D eigenvalue weighted by molar-refractivity contribution is 5.83. The Kier molecular flexibility index (Phi) is 4.06. The van der Waals surface area contributed by atoms with Crippen LogP contribution in [0.5, 0.6) is 0 Å². The van der Waals surface area contributed by atoms with Crippen LogP contribution in [0.2, 0.25) is 0 Å². The van der Waals surface area contributed by atoms with Gasteiger partial charge in [-0.15, -0.1) is 0 Å². The molecule has 0 atom stereocenters. The van der Waals surface area contributed by atoms with Gasteiger partial charge in [-0.25, -0.2) is 0 Å².